The third kappa shape index (κ3) is 4.08. The van der Waals surface area contributed by atoms with Gasteiger partial charge in [-0.3, -0.25) is 0 Å². The molecule has 108 valence electrons. The van der Waals surface area contributed by atoms with Crippen LogP contribution in [0, 0.1) is 6.92 Å². The lowest BCUT2D eigenvalue weighted by Gasteiger charge is -2.10. The Morgan fingerprint density at radius 2 is 2.00 bits per heavy atom. The summed E-state index contributed by atoms with van der Waals surface area (Å²) in [5.41, 5.74) is 3.35. The van der Waals surface area contributed by atoms with Gasteiger partial charge in [0.15, 0.2) is 0 Å². The minimum Gasteiger partial charge on any atom is -0.423 e. The molecule has 1 aromatic heterocycles. The molecule has 0 atom stereocenters. The third-order valence-corrected chi connectivity index (χ3v) is 3.44. The van der Waals surface area contributed by atoms with Crippen molar-refractivity contribution in [3.63, 3.8) is 0 Å². The lowest BCUT2D eigenvalue weighted by Crippen LogP contribution is -2.03. The van der Waals surface area contributed by atoms with Gasteiger partial charge in [-0.2, -0.15) is 0 Å². The highest BCUT2D eigenvalue weighted by Crippen LogP contribution is 2.23. The van der Waals surface area contributed by atoms with Crippen molar-refractivity contribution in [2.45, 2.75) is 46.0 Å². The minimum atomic E-state index is 0.566. The van der Waals surface area contributed by atoms with Crippen LogP contribution in [-0.2, 0) is 0 Å². The van der Waals surface area contributed by atoms with Crippen molar-refractivity contribution in [2.75, 3.05) is 11.9 Å². The Labute approximate surface area is 120 Å². The number of rotatable bonds is 8. The summed E-state index contributed by atoms with van der Waals surface area (Å²) in [5, 5.41) is 11.2. The van der Waals surface area contributed by atoms with Gasteiger partial charge in [-0.25, -0.2) is 0 Å². The van der Waals surface area contributed by atoms with Gasteiger partial charge in [-0.05, 0) is 31.0 Å². The van der Waals surface area contributed by atoms with E-state index in [-0.39, 0.29) is 0 Å². The number of unbranched alkanes of at least 4 members (excludes halogenated alkanes) is 4. The predicted octanol–water partition coefficient (Wildman–Crippen LogP) is 4.43. The molecule has 20 heavy (non-hydrogen) atoms. The summed E-state index contributed by atoms with van der Waals surface area (Å²) in [6, 6.07) is 6.17. The summed E-state index contributed by atoms with van der Waals surface area (Å²) in [5.74, 6) is 0.566. The maximum atomic E-state index is 5.23. The normalized spacial score (nSPS) is 10.7. The topological polar surface area (TPSA) is 51.0 Å². The van der Waals surface area contributed by atoms with Crippen LogP contribution < -0.4 is 5.32 Å². The monoisotopic (exact) mass is 273 g/mol. The van der Waals surface area contributed by atoms with E-state index in [1.165, 1.54) is 44.1 Å². The molecule has 4 heteroatoms. The van der Waals surface area contributed by atoms with E-state index in [0.717, 1.165) is 17.8 Å². The summed E-state index contributed by atoms with van der Waals surface area (Å²) < 4.78 is 5.23. The van der Waals surface area contributed by atoms with Gasteiger partial charge in [0.2, 0.25) is 12.3 Å². The smallest absolute Gasteiger partial charge is 0.247 e. The number of nitrogens with zero attached hydrogens (tertiary/aromatic N) is 2. The van der Waals surface area contributed by atoms with Gasteiger partial charge in [0.1, 0.15) is 0 Å². The van der Waals surface area contributed by atoms with Gasteiger partial charge in [-0.15, -0.1) is 10.2 Å². The van der Waals surface area contributed by atoms with Crippen molar-refractivity contribution in [1.29, 1.82) is 0 Å². The molecule has 1 heterocycles. The summed E-state index contributed by atoms with van der Waals surface area (Å²) in [6.45, 7) is 5.36. The minimum absolute atomic E-state index is 0.566. The van der Waals surface area contributed by atoms with Gasteiger partial charge in [0.05, 0.1) is 0 Å². The number of nitrogens with one attached hydrogen (secondary N) is 1. The van der Waals surface area contributed by atoms with Crippen molar-refractivity contribution in [1.82, 2.24) is 10.2 Å². The highest BCUT2D eigenvalue weighted by molar-refractivity contribution is 5.64. The molecule has 0 unspecified atom stereocenters. The summed E-state index contributed by atoms with van der Waals surface area (Å²) in [6.07, 6.45) is 7.83. The highest BCUT2D eigenvalue weighted by Gasteiger charge is 2.06. The number of hydrogen-bond donors (Lipinski definition) is 1. The second kappa shape index (κ2) is 7.68. The molecular weight excluding hydrogens is 250 g/mol. The zero-order valence-corrected chi connectivity index (χ0v) is 12.4. The third-order valence-electron chi connectivity index (χ3n) is 3.44. The van der Waals surface area contributed by atoms with Gasteiger partial charge in [0.25, 0.3) is 0 Å². The lowest BCUT2D eigenvalue weighted by molar-refractivity contribution is 0.568. The molecule has 2 aromatic rings. The van der Waals surface area contributed by atoms with E-state index in [9.17, 15) is 0 Å². The van der Waals surface area contributed by atoms with Crippen LogP contribution in [0.2, 0.25) is 0 Å². The van der Waals surface area contributed by atoms with Crippen molar-refractivity contribution in [2.24, 2.45) is 0 Å². The van der Waals surface area contributed by atoms with E-state index in [0.29, 0.717) is 5.89 Å². The Hall–Kier alpha value is -1.84. The first kappa shape index (κ1) is 14.6. The first-order valence-corrected chi connectivity index (χ1v) is 7.42. The molecule has 0 aliphatic carbocycles. The van der Waals surface area contributed by atoms with E-state index in [1.54, 1.807) is 0 Å². The largest absolute Gasteiger partial charge is 0.423 e. The van der Waals surface area contributed by atoms with E-state index < -0.39 is 0 Å². The Bertz CT molecular complexity index is 508. The molecule has 0 saturated carbocycles. The fraction of sp³-hybridized carbons (Fsp3) is 0.500. The number of anilines is 1. The molecule has 0 saturated heterocycles. The van der Waals surface area contributed by atoms with Crippen molar-refractivity contribution >= 4 is 5.69 Å². The number of aryl methyl sites for hydroxylation is 1. The van der Waals surface area contributed by atoms with Crippen LogP contribution in [0.5, 0.6) is 0 Å². The highest BCUT2D eigenvalue weighted by atomic mass is 16.4. The van der Waals surface area contributed by atoms with Gasteiger partial charge in [0, 0.05) is 17.8 Å². The molecule has 1 aromatic carbocycles. The predicted molar refractivity (Wildman–Crippen MR) is 81.7 cm³/mol. The first-order valence-electron chi connectivity index (χ1n) is 7.42. The fourth-order valence-corrected chi connectivity index (χ4v) is 2.20. The Morgan fingerprint density at radius 1 is 1.15 bits per heavy atom. The maximum absolute atomic E-state index is 5.23. The molecular formula is C16H23N3O. The second-order valence-corrected chi connectivity index (χ2v) is 5.11. The van der Waals surface area contributed by atoms with Crippen LogP contribution in [0.4, 0.5) is 5.69 Å². The molecule has 2 rings (SSSR count). The SMILES string of the molecule is CCCCCCCNc1cc(-c2nnco2)ccc1C. The lowest BCUT2D eigenvalue weighted by atomic mass is 10.1. The molecule has 0 radical (unpaired) electrons. The molecule has 4 nitrogen and oxygen atoms in total. The molecule has 0 aliphatic rings. The van der Waals surface area contributed by atoms with E-state index in [4.69, 9.17) is 4.42 Å². The number of hydrogen-bond acceptors (Lipinski definition) is 4. The van der Waals surface area contributed by atoms with Crippen LogP contribution in [0.1, 0.15) is 44.6 Å². The van der Waals surface area contributed by atoms with Gasteiger partial charge in [-0.1, -0.05) is 38.7 Å². The van der Waals surface area contributed by atoms with Crippen LogP contribution in [0.15, 0.2) is 29.0 Å². The van der Waals surface area contributed by atoms with Crippen molar-refractivity contribution in [3.05, 3.63) is 30.2 Å². The van der Waals surface area contributed by atoms with E-state index in [1.807, 2.05) is 6.07 Å². The summed E-state index contributed by atoms with van der Waals surface area (Å²) in [7, 11) is 0. The molecule has 0 spiro atoms. The molecule has 0 bridgehead atoms. The van der Waals surface area contributed by atoms with E-state index in [2.05, 4.69) is 41.5 Å². The molecule has 0 amide bonds. The van der Waals surface area contributed by atoms with Crippen molar-refractivity contribution < 1.29 is 4.42 Å². The maximum Gasteiger partial charge on any atom is 0.247 e. The van der Waals surface area contributed by atoms with Gasteiger partial charge >= 0.3 is 0 Å². The fourth-order valence-electron chi connectivity index (χ4n) is 2.20. The Kier molecular flexibility index (Phi) is 5.59. The molecule has 1 N–H and O–H groups in total. The van der Waals surface area contributed by atoms with Crippen molar-refractivity contribution in [3.8, 4) is 11.5 Å². The second-order valence-electron chi connectivity index (χ2n) is 5.11. The Morgan fingerprint density at radius 3 is 2.75 bits per heavy atom. The average Bonchev–Trinajstić information content (AvgIpc) is 2.98. The average molecular weight is 273 g/mol. The molecule has 0 fully saturated rings. The standard InChI is InChI=1S/C16H23N3O/c1-3-4-5-6-7-10-17-15-11-14(9-8-13(15)2)16-19-18-12-20-16/h8-9,11-12,17H,3-7,10H2,1-2H3. The number of benzene rings is 1. The zero-order chi connectivity index (χ0) is 14.2. The van der Waals surface area contributed by atoms with E-state index >= 15 is 0 Å². The quantitative estimate of drug-likeness (QED) is 0.723. The van der Waals surface area contributed by atoms with Crippen LogP contribution in [0.25, 0.3) is 11.5 Å². The molecule has 0 aliphatic heterocycles. The van der Waals surface area contributed by atoms with Crippen LogP contribution >= 0.6 is 0 Å². The summed E-state index contributed by atoms with van der Waals surface area (Å²) in [4.78, 5) is 0. The Balaban J connectivity index is 1.89. The zero-order valence-electron chi connectivity index (χ0n) is 12.4. The first-order chi connectivity index (χ1) is 9.81. The number of aromatic nitrogens is 2. The van der Waals surface area contributed by atoms with Crippen LogP contribution in [-0.4, -0.2) is 16.7 Å². The summed E-state index contributed by atoms with van der Waals surface area (Å²) >= 11 is 0. The van der Waals surface area contributed by atoms with Gasteiger partial charge < -0.3 is 9.73 Å². The van der Waals surface area contributed by atoms with Crippen LogP contribution in [0.3, 0.4) is 0 Å².